The lowest BCUT2D eigenvalue weighted by Gasteiger charge is -2.21. The summed E-state index contributed by atoms with van der Waals surface area (Å²) in [7, 11) is 0. The maximum Gasteiger partial charge on any atom is 0.319 e. The standard InChI is InChI=1S/C13H19BrN2O/c1-8-6-10(7-9(2)11(8)14)15-12(17)16-13(3,4)5/h6-7H,1-5H3,(H2,15,16,17). The number of nitrogens with one attached hydrogen (secondary N) is 2. The quantitative estimate of drug-likeness (QED) is 0.809. The van der Waals surface area contributed by atoms with Crippen LogP contribution in [-0.4, -0.2) is 11.6 Å². The van der Waals surface area contributed by atoms with E-state index in [1.807, 2.05) is 46.8 Å². The second kappa shape index (κ2) is 5.08. The molecule has 0 aromatic heterocycles. The fraction of sp³-hybridized carbons (Fsp3) is 0.462. The van der Waals surface area contributed by atoms with Crippen LogP contribution in [0.25, 0.3) is 0 Å². The van der Waals surface area contributed by atoms with Gasteiger partial charge in [0.25, 0.3) is 0 Å². The Bertz CT molecular complexity index is 413. The zero-order valence-electron chi connectivity index (χ0n) is 10.9. The molecule has 0 aliphatic rings. The van der Waals surface area contributed by atoms with Crippen LogP contribution in [0.3, 0.4) is 0 Å². The molecule has 0 atom stereocenters. The number of amides is 2. The largest absolute Gasteiger partial charge is 0.333 e. The maximum absolute atomic E-state index is 11.7. The van der Waals surface area contributed by atoms with Gasteiger partial charge < -0.3 is 10.6 Å². The second-order valence-electron chi connectivity index (χ2n) is 5.25. The van der Waals surface area contributed by atoms with Gasteiger partial charge in [0.15, 0.2) is 0 Å². The van der Waals surface area contributed by atoms with E-state index in [4.69, 9.17) is 0 Å². The molecule has 2 amide bonds. The summed E-state index contributed by atoms with van der Waals surface area (Å²) in [5, 5.41) is 5.70. The molecule has 17 heavy (non-hydrogen) atoms. The molecular weight excluding hydrogens is 280 g/mol. The van der Waals surface area contributed by atoms with Gasteiger partial charge >= 0.3 is 6.03 Å². The summed E-state index contributed by atoms with van der Waals surface area (Å²) in [4.78, 5) is 11.7. The van der Waals surface area contributed by atoms with Gasteiger partial charge in [-0.15, -0.1) is 0 Å². The highest BCUT2D eigenvalue weighted by Crippen LogP contribution is 2.24. The number of halogens is 1. The van der Waals surface area contributed by atoms with Crippen molar-refractivity contribution in [2.75, 3.05) is 5.32 Å². The summed E-state index contributed by atoms with van der Waals surface area (Å²) in [5.41, 5.74) is 2.79. The van der Waals surface area contributed by atoms with Crippen molar-refractivity contribution in [3.8, 4) is 0 Å². The smallest absolute Gasteiger partial charge is 0.319 e. The van der Waals surface area contributed by atoms with Crippen molar-refractivity contribution in [1.29, 1.82) is 0 Å². The maximum atomic E-state index is 11.7. The van der Waals surface area contributed by atoms with Crippen LogP contribution in [0.4, 0.5) is 10.5 Å². The minimum Gasteiger partial charge on any atom is -0.333 e. The van der Waals surface area contributed by atoms with Crippen LogP contribution in [0.1, 0.15) is 31.9 Å². The Labute approximate surface area is 111 Å². The van der Waals surface area contributed by atoms with E-state index in [0.29, 0.717) is 0 Å². The number of carbonyl (C=O) groups is 1. The van der Waals surface area contributed by atoms with Crippen LogP contribution in [0.5, 0.6) is 0 Å². The number of hydrogen-bond acceptors (Lipinski definition) is 1. The lowest BCUT2D eigenvalue weighted by Crippen LogP contribution is -2.43. The first-order valence-electron chi connectivity index (χ1n) is 5.55. The summed E-state index contributed by atoms with van der Waals surface area (Å²) in [5.74, 6) is 0. The lowest BCUT2D eigenvalue weighted by molar-refractivity contribution is 0.244. The molecule has 0 aliphatic heterocycles. The Morgan fingerprint density at radius 2 is 1.65 bits per heavy atom. The van der Waals surface area contributed by atoms with E-state index in [1.165, 1.54) is 0 Å². The van der Waals surface area contributed by atoms with Crippen LogP contribution in [0.2, 0.25) is 0 Å². The molecule has 0 radical (unpaired) electrons. The Balaban J connectivity index is 2.79. The Morgan fingerprint density at radius 3 is 2.06 bits per heavy atom. The monoisotopic (exact) mass is 298 g/mol. The molecule has 0 saturated heterocycles. The molecule has 4 heteroatoms. The van der Waals surface area contributed by atoms with Crippen LogP contribution in [0, 0.1) is 13.8 Å². The first-order valence-corrected chi connectivity index (χ1v) is 6.34. The predicted octanol–water partition coefficient (Wildman–Crippen LogP) is 3.99. The fourth-order valence-corrected chi connectivity index (χ4v) is 1.75. The zero-order valence-corrected chi connectivity index (χ0v) is 12.5. The third-order valence-electron chi connectivity index (χ3n) is 2.18. The lowest BCUT2D eigenvalue weighted by atomic mass is 10.1. The highest BCUT2D eigenvalue weighted by atomic mass is 79.9. The average molecular weight is 299 g/mol. The van der Waals surface area contributed by atoms with Crippen LogP contribution < -0.4 is 10.6 Å². The summed E-state index contributed by atoms with van der Waals surface area (Å²) in [6.45, 7) is 9.85. The molecule has 1 rings (SSSR count). The normalized spacial score (nSPS) is 11.2. The number of urea groups is 1. The first-order chi connectivity index (χ1) is 7.69. The van der Waals surface area contributed by atoms with E-state index in [0.717, 1.165) is 21.3 Å². The Morgan fingerprint density at radius 1 is 1.18 bits per heavy atom. The van der Waals surface area contributed by atoms with E-state index in [1.54, 1.807) is 0 Å². The zero-order chi connectivity index (χ0) is 13.2. The van der Waals surface area contributed by atoms with Crippen molar-refractivity contribution in [2.24, 2.45) is 0 Å². The number of benzene rings is 1. The third kappa shape index (κ3) is 4.38. The van der Waals surface area contributed by atoms with E-state index >= 15 is 0 Å². The molecule has 3 nitrogen and oxygen atoms in total. The van der Waals surface area contributed by atoms with Gasteiger partial charge in [-0.3, -0.25) is 0 Å². The molecule has 2 N–H and O–H groups in total. The third-order valence-corrected chi connectivity index (χ3v) is 3.43. The summed E-state index contributed by atoms with van der Waals surface area (Å²) >= 11 is 3.50. The molecule has 0 bridgehead atoms. The predicted molar refractivity (Wildman–Crippen MR) is 75.5 cm³/mol. The molecule has 94 valence electrons. The number of hydrogen-bond donors (Lipinski definition) is 2. The van der Waals surface area contributed by atoms with E-state index < -0.39 is 0 Å². The number of carbonyl (C=O) groups excluding carboxylic acids is 1. The molecule has 0 unspecified atom stereocenters. The molecule has 1 aromatic rings. The van der Waals surface area contributed by atoms with Crippen molar-refractivity contribution >= 4 is 27.6 Å². The highest BCUT2D eigenvalue weighted by molar-refractivity contribution is 9.10. The van der Waals surface area contributed by atoms with Gasteiger partial charge in [0.05, 0.1) is 0 Å². The Kier molecular flexibility index (Phi) is 4.20. The van der Waals surface area contributed by atoms with Crippen molar-refractivity contribution in [3.05, 3.63) is 27.7 Å². The molecule has 0 fully saturated rings. The first kappa shape index (κ1) is 14.0. The number of anilines is 1. The highest BCUT2D eigenvalue weighted by Gasteiger charge is 2.14. The summed E-state index contributed by atoms with van der Waals surface area (Å²) in [6.07, 6.45) is 0. The van der Waals surface area contributed by atoms with Crippen molar-refractivity contribution in [1.82, 2.24) is 5.32 Å². The van der Waals surface area contributed by atoms with Gasteiger partial charge in [-0.1, -0.05) is 15.9 Å². The van der Waals surface area contributed by atoms with Gasteiger partial charge in [-0.2, -0.15) is 0 Å². The van der Waals surface area contributed by atoms with Crippen molar-refractivity contribution in [2.45, 2.75) is 40.2 Å². The van der Waals surface area contributed by atoms with Crippen LogP contribution in [-0.2, 0) is 0 Å². The van der Waals surface area contributed by atoms with Crippen molar-refractivity contribution in [3.63, 3.8) is 0 Å². The van der Waals surface area contributed by atoms with Gasteiger partial charge in [-0.05, 0) is 57.9 Å². The molecular formula is C13H19BrN2O. The molecule has 0 spiro atoms. The van der Waals surface area contributed by atoms with Gasteiger partial charge in [0.1, 0.15) is 0 Å². The van der Waals surface area contributed by atoms with Crippen LogP contribution >= 0.6 is 15.9 Å². The minimum absolute atomic E-state index is 0.182. The average Bonchev–Trinajstić information content (AvgIpc) is 2.10. The van der Waals surface area contributed by atoms with E-state index in [2.05, 4.69) is 26.6 Å². The molecule has 0 heterocycles. The van der Waals surface area contributed by atoms with E-state index in [9.17, 15) is 4.79 Å². The molecule has 0 saturated carbocycles. The Hall–Kier alpha value is -1.03. The molecule has 0 aliphatic carbocycles. The number of rotatable bonds is 1. The van der Waals surface area contributed by atoms with E-state index in [-0.39, 0.29) is 11.6 Å². The SMILES string of the molecule is Cc1cc(NC(=O)NC(C)(C)C)cc(C)c1Br. The summed E-state index contributed by atoms with van der Waals surface area (Å²) in [6, 6.07) is 3.71. The van der Waals surface area contributed by atoms with Gasteiger partial charge in [-0.25, -0.2) is 4.79 Å². The molecule has 1 aromatic carbocycles. The number of aryl methyl sites for hydroxylation is 2. The van der Waals surface area contributed by atoms with Crippen molar-refractivity contribution < 1.29 is 4.79 Å². The minimum atomic E-state index is -0.233. The fourth-order valence-electron chi connectivity index (χ4n) is 1.52. The summed E-state index contributed by atoms with van der Waals surface area (Å²) < 4.78 is 1.08. The van der Waals surface area contributed by atoms with Gasteiger partial charge in [0, 0.05) is 15.7 Å². The van der Waals surface area contributed by atoms with Gasteiger partial charge in [0.2, 0.25) is 0 Å². The topological polar surface area (TPSA) is 41.1 Å². The van der Waals surface area contributed by atoms with Crippen LogP contribution in [0.15, 0.2) is 16.6 Å². The second-order valence-corrected chi connectivity index (χ2v) is 6.05.